The molecule has 0 aliphatic carbocycles. The van der Waals surface area contributed by atoms with Crippen molar-refractivity contribution in [2.24, 2.45) is 0 Å². The van der Waals surface area contributed by atoms with E-state index in [0.717, 1.165) is 40.4 Å². The van der Waals surface area contributed by atoms with Gasteiger partial charge in [-0.2, -0.15) is 4.31 Å². The Morgan fingerprint density at radius 3 is 2.79 bits per heavy atom. The molecule has 3 rings (SSSR count). The van der Waals surface area contributed by atoms with Gasteiger partial charge in [-0.25, -0.2) is 13.4 Å². The van der Waals surface area contributed by atoms with Crippen molar-refractivity contribution in [1.29, 1.82) is 0 Å². The predicted molar refractivity (Wildman–Crippen MR) is 96.9 cm³/mol. The molecule has 1 unspecified atom stereocenters. The molecule has 6 nitrogen and oxygen atoms in total. The molecule has 2 aromatic rings. The summed E-state index contributed by atoms with van der Waals surface area (Å²) in [6.45, 7) is 4.43. The number of nitrogens with one attached hydrogen (secondary N) is 1. The number of sulfonamides is 1. The number of carbonyl (C=O) groups excluding carboxylic acids is 1. The van der Waals surface area contributed by atoms with Crippen LogP contribution in [-0.4, -0.2) is 42.5 Å². The number of benzene rings is 1. The van der Waals surface area contributed by atoms with Crippen LogP contribution in [0.4, 0.5) is 5.13 Å². The second kappa shape index (κ2) is 6.42. The number of hydrogen-bond acceptors (Lipinski definition) is 5. The van der Waals surface area contributed by atoms with Crippen LogP contribution in [0.5, 0.6) is 0 Å². The Hall–Kier alpha value is -1.51. The molecule has 1 N–H and O–H groups in total. The number of piperidine rings is 1. The largest absolute Gasteiger partial charge is 0.301 e. The van der Waals surface area contributed by atoms with E-state index in [0.29, 0.717) is 18.1 Å². The van der Waals surface area contributed by atoms with Crippen molar-refractivity contribution in [3.63, 3.8) is 0 Å². The van der Waals surface area contributed by atoms with Gasteiger partial charge >= 0.3 is 0 Å². The number of nitrogens with zero attached hydrogens (tertiary/aromatic N) is 2. The number of fused-ring (bicyclic) bond motifs is 1. The van der Waals surface area contributed by atoms with E-state index >= 15 is 0 Å². The third-order valence-electron chi connectivity index (χ3n) is 4.23. The van der Waals surface area contributed by atoms with E-state index in [9.17, 15) is 13.2 Å². The van der Waals surface area contributed by atoms with Crippen LogP contribution in [0.15, 0.2) is 12.1 Å². The smallest absolute Gasteiger partial charge is 0.244 e. The van der Waals surface area contributed by atoms with Crippen LogP contribution in [0, 0.1) is 13.8 Å². The molecule has 0 radical (unpaired) electrons. The van der Waals surface area contributed by atoms with Gasteiger partial charge in [-0.1, -0.05) is 23.8 Å². The van der Waals surface area contributed by atoms with Crippen molar-refractivity contribution in [1.82, 2.24) is 9.29 Å². The fourth-order valence-corrected chi connectivity index (χ4v) is 5.22. The highest BCUT2D eigenvalue weighted by atomic mass is 32.2. The van der Waals surface area contributed by atoms with E-state index in [4.69, 9.17) is 0 Å². The number of rotatable bonds is 3. The number of amides is 1. The summed E-state index contributed by atoms with van der Waals surface area (Å²) in [4.78, 5) is 17.1. The van der Waals surface area contributed by atoms with Gasteiger partial charge in [-0.05, 0) is 43.9 Å². The van der Waals surface area contributed by atoms with Gasteiger partial charge in [0.25, 0.3) is 0 Å². The van der Waals surface area contributed by atoms with E-state index in [-0.39, 0.29) is 5.91 Å². The minimum absolute atomic E-state index is 0.298. The molecule has 24 heavy (non-hydrogen) atoms. The zero-order valence-corrected chi connectivity index (χ0v) is 15.6. The van der Waals surface area contributed by atoms with Crippen molar-refractivity contribution in [2.75, 3.05) is 18.1 Å². The number of anilines is 1. The first-order chi connectivity index (χ1) is 11.3. The molecule has 8 heteroatoms. The number of hydrogen-bond donors (Lipinski definition) is 1. The lowest BCUT2D eigenvalue weighted by Gasteiger charge is -2.32. The average Bonchev–Trinajstić information content (AvgIpc) is 2.89. The average molecular weight is 367 g/mol. The monoisotopic (exact) mass is 367 g/mol. The first kappa shape index (κ1) is 17.3. The molecule has 2 heterocycles. The third-order valence-corrected chi connectivity index (χ3v) is 6.64. The summed E-state index contributed by atoms with van der Waals surface area (Å²) < 4.78 is 26.2. The van der Waals surface area contributed by atoms with Gasteiger partial charge < -0.3 is 5.32 Å². The highest BCUT2D eigenvalue weighted by Crippen LogP contribution is 2.30. The molecule has 1 saturated heterocycles. The van der Waals surface area contributed by atoms with Gasteiger partial charge in [0.1, 0.15) is 6.04 Å². The molecule has 1 aliphatic rings. The van der Waals surface area contributed by atoms with Crippen molar-refractivity contribution in [2.45, 2.75) is 39.2 Å². The summed E-state index contributed by atoms with van der Waals surface area (Å²) in [7, 11) is -3.39. The maximum absolute atomic E-state index is 12.6. The summed E-state index contributed by atoms with van der Waals surface area (Å²) in [5.41, 5.74) is 3.11. The van der Waals surface area contributed by atoms with E-state index < -0.39 is 16.1 Å². The molecule has 0 bridgehead atoms. The summed E-state index contributed by atoms with van der Waals surface area (Å²) >= 11 is 1.42. The maximum Gasteiger partial charge on any atom is 0.244 e. The Bertz CT molecular complexity index is 889. The lowest BCUT2D eigenvalue weighted by atomic mass is 10.0. The van der Waals surface area contributed by atoms with E-state index in [2.05, 4.69) is 16.4 Å². The molecule has 0 spiro atoms. The Kier molecular flexibility index (Phi) is 4.63. The van der Waals surface area contributed by atoms with Crippen LogP contribution in [0.2, 0.25) is 0 Å². The van der Waals surface area contributed by atoms with Crippen LogP contribution in [-0.2, 0) is 14.8 Å². The second-order valence-electron chi connectivity index (χ2n) is 6.32. The minimum atomic E-state index is -3.39. The molecule has 130 valence electrons. The Morgan fingerprint density at radius 1 is 1.33 bits per heavy atom. The fraction of sp³-hybridized carbons (Fsp3) is 0.500. The van der Waals surface area contributed by atoms with Crippen molar-refractivity contribution in [3.8, 4) is 0 Å². The van der Waals surface area contributed by atoms with Gasteiger partial charge in [0.05, 0.1) is 16.5 Å². The zero-order valence-electron chi connectivity index (χ0n) is 14.0. The summed E-state index contributed by atoms with van der Waals surface area (Å²) in [5, 5.41) is 3.33. The van der Waals surface area contributed by atoms with Crippen LogP contribution in [0.1, 0.15) is 30.4 Å². The zero-order chi connectivity index (χ0) is 17.5. The lowest BCUT2D eigenvalue weighted by molar-refractivity contribution is -0.120. The van der Waals surface area contributed by atoms with Crippen molar-refractivity contribution < 1.29 is 13.2 Å². The van der Waals surface area contributed by atoms with Crippen LogP contribution >= 0.6 is 11.3 Å². The van der Waals surface area contributed by atoms with E-state index in [1.807, 2.05) is 19.9 Å². The molecule has 0 saturated carbocycles. The Labute approximate surface area is 145 Å². The Morgan fingerprint density at radius 2 is 2.08 bits per heavy atom. The molecule has 1 fully saturated rings. The maximum atomic E-state index is 12.6. The number of aromatic nitrogens is 1. The number of thiazole rings is 1. The highest BCUT2D eigenvalue weighted by molar-refractivity contribution is 7.88. The molecular weight excluding hydrogens is 346 g/mol. The molecule has 1 aromatic carbocycles. The summed E-state index contributed by atoms with van der Waals surface area (Å²) in [6.07, 6.45) is 3.34. The topological polar surface area (TPSA) is 79.4 Å². The van der Waals surface area contributed by atoms with Crippen LogP contribution in [0.3, 0.4) is 0 Å². The minimum Gasteiger partial charge on any atom is -0.301 e. The van der Waals surface area contributed by atoms with Gasteiger partial charge in [-0.15, -0.1) is 0 Å². The predicted octanol–water partition coefficient (Wildman–Crippen LogP) is 2.67. The number of aryl methyl sites for hydroxylation is 2. The van der Waals surface area contributed by atoms with Gasteiger partial charge in [0.15, 0.2) is 5.13 Å². The first-order valence-corrected chi connectivity index (χ1v) is 10.6. The fourth-order valence-electron chi connectivity index (χ4n) is 3.18. The first-order valence-electron chi connectivity index (χ1n) is 7.91. The standard InChI is InChI=1S/C16H21N3O3S2/c1-10-8-11(2)14-12(9-10)17-16(23-14)18-15(20)13-6-4-5-7-19(13)24(3,21)22/h8-9,13H,4-7H2,1-3H3,(H,17,18,20). The molecular formula is C16H21N3O3S2. The lowest BCUT2D eigenvalue weighted by Crippen LogP contribution is -2.49. The quantitative estimate of drug-likeness (QED) is 0.904. The van der Waals surface area contributed by atoms with Crippen LogP contribution in [0.25, 0.3) is 10.2 Å². The normalized spacial score (nSPS) is 19.5. The van der Waals surface area contributed by atoms with E-state index in [1.165, 1.54) is 15.6 Å². The molecule has 1 atom stereocenters. The third kappa shape index (κ3) is 3.45. The summed E-state index contributed by atoms with van der Waals surface area (Å²) in [5.74, 6) is -0.298. The second-order valence-corrected chi connectivity index (χ2v) is 9.26. The SMILES string of the molecule is Cc1cc(C)c2sc(NC(=O)C3CCCCN3S(C)(=O)=O)nc2c1. The highest BCUT2D eigenvalue weighted by Gasteiger charge is 2.34. The summed E-state index contributed by atoms with van der Waals surface area (Å²) in [6, 6.07) is 3.42. The number of carbonyl (C=O) groups is 1. The Balaban J connectivity index is 1.85. The van der Waals surface area contributed by atoms with Crippen molar-refractivity contribution >= 4 is 42.6 Å². The molecule has 1 amide bonds. The van der Waals surface area contributed by atoms with Gasteiger partial charge in [0, 0.05) is 6.54 Å². The van der Waals surface area contributed by atoms with Crippen molar-refractivity contribution in [3.05, 3.63) is 23.3 Å². The van der Waals surface area contributed by atoms with Gasteiger partial charge in [-0.3, -0.25) is 4.79 Å². The molecule has 1 aliphatic heterocycles. The van der Waals surface area contributed by atoms with E-state index in [1.54, 1.807) is 0 Å². The van der Waals surface area contributed by atoms with Crippen LogP contribution < -0.4 is 5.32 Å². The molecule has 1 aromatic heterocycles. The van der Waals surface area contributed by atoms with Gasteiger partial charge in [0.2, 0.25) is 15.9 Å².